The molecule has 0 radical (unpaired) electrons. The lowest BCUT2D eigenvalue weighted by atomic mass is 10.1. The van der Waals surface area contributed by atoms with Gasteiger partial charge in [-0.2, -0.15) is 0 Å². The molecule has 2 N–H and O–H groups in total. The summed E-state index contributed by atoms with van der Waals surface area (Å²) in [6.07, 6.45) is 4.29. The summed E-state index contributed by atoms with van der Waals surface area (Å²) in [5.74, 6) is -0.878. The normalized spacial score (nSPS) is 15.3. The molecule has 9 heteroatoms. The third-order valence-electron chi connectivity index (χ3n) is 4.80. The maximum Gasteiger partial charge on any atom is 0.414 e. The average Bonchev–Trinajstić information content (AvgIpc) is 3.00. The molecule has 1 aromatic heterocycles. The molecule has 1 amide bonds. The quantitative estimate of drug-likeness (QED) is 0.578. The molecule has 2 aromatic rings. The number of ether oxygens (including phenoxy) is 1. The van der Waals surface area contributed by atoms with Gasteiger partial charge in [-0.3, -0.25) is 14.3 Å². The lowest BCUT2D eigenvalue weighted by Gasteiger charge is -2.29. The van der Waals surface area contributed by atoms with E-state index < -0.39 is 12.1 Å². The van der Waals surface area contributed by atoms with Crippen molar-refractivity contribution in [3.05, 3.63) is 50.4 Å². The Morgan fingerprint density at radius 3 is 2.73 bits per heavy atom. The van der Waals surface area contributed by atoms with Crippen LogP contribution in [0.5, 0.6) is 5.88 Å². The number of amides is 1. The van der Waals surface area contributed by atoms with Crippen LogP contribution >= 0.6 is 23.6 Å². The number of hydrogen-bond donors (Lipinski definition) is 2. The molecule has 0 unspecified atom stereocenters. The number of carbonyl (C=O) groups excluding carboxylic acids is 1. The number of carboxylic acids is 1. The third-order valence-corrected chi connectivity index (χ3v) is 6.19. The van der Waals surface area contributed by atoms with Gasteiger partial charge in [-0.1, -0.05) is 30.3 Å². The molecule has 1 aliphatic rings. The summed E-state index contributed by atoms with van der Waals surface area (Å²) in [6, 6.07) is 9.50. The van der Waals surface area contributed by atoms with Gasteiger partial charge in [-0.05, 0) is 49.5 Å². The number of carbonyl (C=O) groups is 2. The fourth-order valence-corrected chi connectivity index (χ4v) is 4.58. The van der Waals surface area contributed by atoms with Crippen molar-refractivity contribution in [3.8, 4) is 5.88 Å². The van der Waals surface area contributed by atoms with Crippen LogP contribution in [0.1, 0.15) is 42.5 Å². The maximum absolute atomic E-state index is 12.7. The number of carboxylic acid groups (broad SMARTS) is 1. The Bertz CT molecular complexity index is 981. The van der Waals surface area contributed by atoms with Gasteiger partial charge >= 0.3 is 12.1 Å². The first-order valence-corrected chi connectivity index (χ1v) is 11.0. The largest absolute Gasteiger partial charge is 0.493 e. The number of allylic oxidation sites excluding steroid dienone is 1. The van der Waals surface area contributed by atoms with Crippen molar-refractivity contribution in [3.63, 3.8) is 0 Å². The van der Waals surface area contributed by atoms with E-state index in [-0.39, 0.29) is 18.9 Å². The average molecular weight is 449 g/mol. The van der Waals surface area contributed by atoms with E-state index in [9.17, 15) is 14.7 Å². The number of piperidine rings is 1. The summed E-state index contributed by atoms with van der Waals surface area (Å²) in [5.41, 5.74) is 1.70. The zero-order valence-corrected chi connectivity index (χ0v) is 18.1. The van der Waals surface area contributed by atoms with Crippen LogP contribution in [0.4, 0.5) is 4.79 Å². The number of nitrogens with zero attached hydrogens (tertiary/aromatic N) is 2. The fraction of sp³-hybridized carbons (Fsp3) is 0.381. The van der Waals surface area contributed by atoms with Crippen molar-refractivity contribution in [1.82, 2.24) is 9.47 Å². The first-order valence-electron chi connectivity index (χ1n) is 9.79. The predicted octanol–water partition coefficient (Wildman–Crippen LogP) is 5.01. The first kappa shape index (κ1) is 22.0. The van der Waals surface area contributed by atoms with E-state index in [4.69, 9.17) is 22.1 Å². The SMILES string of the molecule is O=C(O)CCCn1c(O)c(C=C2CCCCN2C(=O)OCc2ccccc2)sc1=S. The van der Waals surface area contributed by atoms with Crippen LogP contribution in [-0.2, 0) is 22.7 Å². The first-order chi connectivity index (χ1) is 14.5. The van der Waals surface area contributed by atoms with Gasteiger partial charge in [-0.25, -0.2) is 4.79 Å². The molecule has 3 rings (SSSR count). The topological polar surface area (TPSA) is 92.0 Å². The van der Waals surface area contributed by atoms with Crippen molar-refractivity contribution < 1.29 is 24.5 Å². The van der Waals surface area contributed by atoms with Gasteiger partial charge in [0, 0.05) is 25.2 Å². The number of hydrogen-bond acceptors (Lipinski definition) is 6. The lowest BCUT2D eigenvalue weighted by Crippen LogP contribution is -2.34. The minimum atomic E-state index is -0.884. The Kier molecular flexibility index (Phi) is 7.64. The molecular weight excluding hydrogens is 424 g/mol. The Balaban J connectivity index is 1.73. The van der Waals surface area contributed by atoms with Crippen LogP contribution in [0.25, 0.3) is 6.08 Å². The van der Waals surface area contributed by atoms with Gasteiger partial charge in [0.1, 0.15) is 6.61 Å². The lowest BCUT2D eigenvalue weighted by molar-refractivity contribution is -0.137. The van der Waals surface area contributed by atoms with E-state index >= 15 is 0 Å². The van der Waals surface area contributed by atoms with Gasteiger partial charge in [-0.15, -0.1) is 11.3 Å². The molecule has 0 spiro atoms. The van der Waals surface area contributed by atoms with E-state index in [0.717, 1.165) is 24.1 Å². The van der Waals surface area contributed by atoms with E-state index in [1.165, 1.54) is 15.9 Å². The highest BCUT2D eigenvalue weighted by Crippen LogP contribution is 2.32. The van der Waals surface area contributed by atoms with Crippen LogP contribution < -0.4 is 0 Å². The molecule has 2 heterocycles. The second-order valence-corrected chi connectivity index (χ2v) is 8.67. The Labute approximate surface area is 183 Å². The van der Waals surface area contributed by atoms with Gasteiger partial charge in [0.05, 0.1) is 4.88 Å². The summed E-state index contributed by atoms with van der Waals surface area (Å²) >= 11 is 6.57. The molecular formula is C21H24N2O5S2. The number of aromatic hydroxyl groups is 1. The van der Waals surface area contributed by atoms with Crippen molar-refractivity contribution in [2.45, 2.75) is 45.3 Å². The predicted molar refractivity (Wildman–Crippen MR) is 117 cm³/mol. The summed E-state index contributed by atoms with van der Waals surface area (Å²) < 4.78 is 7.48. The molecule has 1 fully saturated rings. The molecule has 0 aliphatic carbocycles. The zero-order valence-electron chi connectivity index (χ0n) is 16.5. The molecule has 1 aromatic carbocycles. The Hall–Kier alpha value is -2.65. The number of likely N-dealkylation sites (tertiary alicyclic amines) is 1. The minimum absolute atomic E-state index is 0.00562. The number of aliphatic carboxylic acids is 1. The summed E-state index contributed by atoms with van der Waals surface area (Å²) in [5, 5.41) is 19.4. The standard InChI is InChI=1S/C21H24N2O5S2/c24-18(25)10-6-12-23-19(26)17(30-21(23)29)13-16-9-4-5-11-22(16)20(27)28-14-15-7-2-1-3-8-15/h1-3,7-8,13,26H,4-6,9-12,14H2,(H,24,25). The molecule has 0 atom stereocenters. The van der Waals surface area contributed by atoms with Crippen LogP contribution in [0.3, 0.4) is 0 Å². The molecule has 1 saturated heterocycles. The van der Waals surface area contributed by atoms with Crippen molar-refractivity contribution in [1.29, 1.82) is 0 Å². The van der Waals surface area contributed by atoms with Crippen LogP contribution in [0, 0.1) is 3.95 Å². The summed E-state index contributed by atoms with van der Waals surface area (Å²) in [4.78, 5) is 25.6. The second kappa shape index (κ2) is 10.4. The molecule has 0 saturated carbocycles. The third kappa shape index (κ3) is 5.70. The van der Waals surface area contributed by atoms with Crippen LogP contribution in [0.15, 0.2) is 36.0 Å². The molecule has 0 bridgehead atoms. The highest BCUT2D eigenvalue weighted by molar-refractivity contribution is 7.73. The molecule has 1 aliphatic heterocycles. The summed E-state index contributed by atoms with van der Waals surface area (Å²) in [6.45, 7) is 1.10. The second-order valence-electron chi connectivity index (χ2n) is 6.99. The highest BCUT2D eigenvalue weighted by Gasteiger charge is 2.24. The zero-order chi connectivity index (χ0) is 21.5. The van der Waals surface area contributed by atoms with Gasteiger partial charge < -0.3 is 14.9 Å². The van der Waals surface area contributed by atoms with Gasteiger partial charge in [0.15, 0.2) is 3.95 Å². The van der Waals surface area contributed by atoms with E-state index in [0.29, 0.717) is 34.8 Å². The van der Waals surface area contributed by atoms with Gasteiger partial charge in [0.2, 0.25) is 5.88 Å². The smallest absolute Gasteiger partial charge is 0.414 e. The minimum Gasteiger partial charge on any atom is -0.493 e. The van der Waals surface area contributed by atoms with Crippen LogP contribution in [-0.4, -0.2) is 38.3 Å². The van der Waals surface area contributed by atoms with Crippen molar-refractivity contribution in [2.75, 3.05) is 6.54 Å². The Morgan fingerprint density at radius 1 is 1.23 bits per heavy atom. The molecule has 160 valence electrons. The van der Waals surface area contributed by atoms with E-state index in [2.05, 4.69) is 0 Å². The van der Waals surface area contributed by atoms with Gasteiger partial charge in [0.25, 0.3) is 0 Å². The summed E-state index contributed by atoms with van der Waals surface area (Å²) in [7, 11) is 0. The highest BCUT2D eigenvalue weighted by atomic mass is 32.1. The molecule has 7 nitrogen and oxygen atoms in total. The number of aromatic nitrogens is 1. The number of benzene rings is 1. The van der Waals surface area contributed by atoms with Crippen LogP contribution in [0.2, 0.25) is 0 Å². The number of rotatable bonds is 7. The fourth-order valence-electron chi connectivity index (χ4n) is 3.26. The maximum atomic E-state index is 12.7. The van der Waals surface area contributed by atoms with Crippen molar-refractivity contribution in [2.24, 2.45) is 0 Å². The van der Waals surface area contributed by atoms with E-state index in [1.807, 2.05) is 30.3 Å². The molecule has 30 heavy (non-hydrogen) atoms. The monoisotopic (exact) mass is 448 g/mol. The Morgan fingerprint density at radius 2 is 2.00 bits per heavy atom. The van der Waals surface area contributed by atoms with E-state index in [1.54, 1.807) is 11.0 Å². The number of thiazole rings is 1. The van der Waals surface area contributed by atoms with Crippen molar-refractivity contribution >= 4 is 41.7 Å².